The molecule has 2 aromatic carbocycles. The fourth-order valence-electron chi connectivity index (χ4n) is 4.54. The van der Waals surface area contributed by atoms with Gasteiger partial charge in [-0.3, -0.25) is 49.2 Å². The van der Waals surface area contributed by atoms with Crippen LogP contribution < -0.4 is 9.80 Å². The monoisotopic (exact) mass is 502 g/mol. The van der Waals surface area contributed by atoms with E-state index in [0.717, 1.165) is 48.5 Å². The van der Waals surface area contributed by atoms with Gasteiger partial charge in [-0.2, -0.15) is 10.5 Å². The van der Waals surface area contributed by atoms with Crippen LogP contribution in [0, 0.1) is 60.1 Å². The van der Waals surface area contributed by atoms with E-state index in [1.54, 1.807) is 12.1 Å². The number of anilines is 2. The number of non-ortho nitro benzene ring substituents is 2. The minimum Gasteiger partial charge on any atom is -0.274 e. The Morgan fingerprint density at radius 3 is 1.30 bits per heavy atom. The first-order valence-electron chi connectivity index (χ1n) is 10.6. The second-order valence-electron chi connectivity index (χ2n) is 8.29. The molecule has 184 valence electrons. The fourth-order valence-corrected chi connectivity index (χ4v) is 4.54. The minimum atomic E-state index is -2.38. The summed E-state index contributed by atoms with van der Waals surface area (Å²) in [5.41, 5.74) is -3.00. The number of benzene rings is 2. The molecule has 2 unspecified atom stereocenters. The van der Waals surface area contributed by atoms with Crippen molar-refractivity contribution in [2.24, 2.45) is 17.3 Å². The summed E-state index contributed by atoms with van der Waals surface area (Å²) in [6.45, 7) is 0. The normalized spacial score (nSPS) is 19.6. The molecular weight excluding hydrogens is 488 g/mol. The zero-order valence-electron chi connectivity index (χ0n) is 18.6. The first kappa shape index (κ1) is 24.6. The maximum atomic E-state index is 13.3. The third-order valence-corrected chi connectivity index (χ3v) is 6.40. The highest BCUT2D eigenvalue weighted by molar-refractivity contribution is 6.24. The molecule has 4 rings (SSSR count). The van der Waals surface area contributed by atoms with Crippen LogP contribution in [0.15, 0.2) is 48.5 Å². The standard InChI is InChI=1S/C23H14N6O8/c24-11-23(12-25,17-9-19(30)26(21(17)32)13-1-5-15(6-2-13)28(34)35)18-10-20(31)27(22(18)33)14-3-7-16(8-4-14)29(36)37/h1-8,17-18H,9-10H2. The lowest BCUT2D eigenvalue weighted by Crippen LogP contribution is -2.44. The summed E-state index contributed by atoms with van der Waals surface area (Å²) >= 11 is 0. The van der Waals surface area contributed by atoms with Crippen LogP contribution in [0.5, 0.6) is 0 Å². The summed E-state index contributed by atoms with van der Waals surface area (Å²) in [5, 5.41) is 41.8. The number of rotatable bonds is 6. The average Bonchev–Trinajstić information content (AvgIpc) is 3.35. The summed E-state index contributed by atoms with van der Waals surface area (Å²) in [5.74, 6) is -6.69. The lowest BCUT2D eigenvalue weighted by molar-refractivity contribution is -0.385. The highest BCUT2D eigenvalue weighted by atomic mass is 16.6. The van der Waals surface area contributed by atoms with Crippen LogP contribution in [0.1, 0.15) is 12.8 Å². The first-order chi connectivity index (χ1) is 17.5. The van der Waals surface area contributed by atoms with E-state index in [0.29, 0.717) is 9.80 Å². The molecule has 14 nitrogen and oxygen atoms in total. The van der Waals surface area contributed by atoms with Crippen molar-refractivity contribution in [3.05, 3.63) is 68.8 Å². The van der Waals surface area contributed by atoms with Crippen LogP contribution >= 0.6 is 0 Å². The largest absolute Gasteiger partial charge is 0.274 e. The number of carbonyl (C=O) groups is 4. The number of carbonyl (C=O) groups excluding carboxylic acids is 4. The van der Waals surface area contributed by atoms with E-state index in [2.05, 4.69) is 0 Å². The number of nitro benzene ring substituents is 2. The lowest BCUT2D eigenvalue weighted by Gasteiger charge is -2.28. The summed E-state index contributed by atoms with van der Waals surface area (Å²) in [4.78, 5) is 73.9. The van der Waals surface area contributed by atoms with Gasteiger partial charge in [0.25, 0.3) is 11.4 Å². The molecule has 2 heterocycles. The second-order valence-corrected chi connectivity index (χ2v) is 8.29. The van der Waals surface area contributed by atoms with Crippen molar-refractivity contribution in [1.82, 2.24) is 0 Å². The molecule has 2 aliphatic rings. The number of nitriles is 2. The van der Waals surface area contributed by atoms with Gasteiger partial charge in [-0.15, -0.1) is 0 Å². The number of nitrogens with zero attached hydrogens (tertiary/aromatic N) is 6. The van der Waals surface area contributed by atoms with Gasteiger partial charge in [0.15, 0.2) is 5.41 Å². The fraction of sp³-hybridized carbons (Fsp3) is 0.217. The Bertz CT molecular complexity index is 1340. The molecule has 2 aliphatic heterocycles. The van der Waals surface area contributed by atoms with Gasteiger partial charge in [0.2, 0.25) is 23.6 Å². The van der Waals surface area contributed by atoms with Crippen LogP contribution in [0.3, 0.4) is 0 Å². The Labute approximate surface area is 207 Å². The molecule has 2 fully saturated rings. The third kappa shape index (κ3) is 3.82. The first-order valence-corrected chi connectivity index (χ1v) is 10.6. The predicted molar refractivity (Wildman–Crippen MR) is 121 cm³/mol. The number of amides is 4. The molecule has 14 heteroatoms. The summed E-state index contributed by atoms with van der Waals surface area (Å²) < 4.78 is 0. The molecule has 0 bridgehead atoms. The number of imide groups is 2. The molecule has 37 heavy (non-hydrogen) atoms. The van der Waals surface area contributed by atoms with Crippen LogP contribution in [0.25, 0.3) is 0 Å². The highest BCUT2D eigenvalue weighted by Crippen LogP contribution is 2.47. The van der Waals surface area contributed by atoms with Crippen molar-refractivity contribution in [2.75, 3.05) is 9.80 Å². The quantitative estimate of drug-likeness (QED) is 0.318. The van der Waals surface area contributed by atoms with Crippen LogP contribution in [0.2, 0.25) is 0 Å². The van der Waals surface area contributed by atoms with E-state index in [1.807, 2.05) is 0 Å². The van der Waals surface area contributed by atoms with E-state index < -0.39 is 63.6 Å². The zero-order chi connectivity index (χ0) is 27.1. The van der Waals surface area contributed by atoms with Crippen LogP contribution in [-0.4, -0.2) is 33.5 Å². The van der Waals surface area contributed by atoms with Crippen molar-refractivity contribution in [2.45, 2.75) is 12.8 Å². The minimum absolute atomic E-state index is 0.0192. The van der Waals surface area contributed by atoms with Crippen molar-refractivity contribution >= 4 is 46.4 Å². The topological polar surface area (TPSA) is 209 Å². The Morgan fingerprint density at radius 1 is 0.703 bits per heavy atom. The van der Waals surface area contributed by atoms with E-state index in [9.17, 15) is 49.9 Å². The molecule has 2 aromatic rings. The lowest BCUT2D eigenvalue weighted by atomic mass is 9.67. The van der Waals surface area contributed by atoms with E-state index in [4.69, 9.17) is 0 Å². The smallest absolute Gasteiger partial charge is 0.269 e. The van der Waals surface area contributed by atoms with Crippen LogP contribution in [0.4, 0.5) is 22.7 Å². The second kappa shape index (κ2) is 8.94. The molecule has 4 amide bonds. The van der Waals surface area contributed by atoms with E-state index in [-0.39, 0.29) is 22.7 Å². The molecule has 0 spiro atoms. The molecule has 2 atom stereocenters. The van der Waals surface area contributed by atoms with E-state index in [1.165, 1.54) is 0 Å². The Hall–Kier alpha value is -5.50. The van der Waals surface area contributed by atoms with Gasteiger partial charge in [-0.1, -0.05) is 0 Å². The van der Waals surface area contributed by atoms with Gasteiger partial charge < -0.3 is 0 Å². The SMILES string of the molecule is N#CC(C#N)(C1CC(=O)N(c2ccc([N+](=O)[O-])cc2)C1=O)C1CC(=O)N(c2ccc([N+](=O)[O-])cc2)C1=O. The Kier molecular flexibility index (Phi) is 5.95. The van der Waals surface area contributed by atoms with Crippen LogP contribution in [-0.2, 0) is 19.2 Å². The van der Waals surface area contributed by atoms with Gasteiger partial charge in [-0.05, 0) is 24.3 Å². The number of nitro groups is 2. The summed E-state index contributed by atoms with van der Waals surface area (Å²) in [6, 6.07) is 12.4. The Morgan fingerprint density at radius 2 is 1.03 bits per heavy atom. The number of hydrogen-bond acceptors (Lipinski definition) is 10. The maximum Gasteiger partial charge on any atom is 0.269 e. The van der Waals surface area contributed by atoms with E-state index >= 15 is 0 Å². The molecule has 2 saturated heterocycles. The average molecular weight is 502 g/mol. The summed E-state index contributed by atoms with van der Waals surface area (Å²) in [6.07, 6.45) is -1.21. The van der Waals surface area contributed by atoms with Crippen molar-refractivity contribution < 1.29 is 29.0 Å². The van der Waals surface area contributed by atoms with Gasteiger partial charge in [0.1, 0.15) is 0 Å². The van der Waals surface area contributed by atoms with Crippen molar-refractivity contribution in [1.29, 1.82) is 10.5 Å². The predicted octanol–water partition coefficient (Wildman–Crippen LogP) is 2.00. The van der Waals surface area contributed by atoms with Gasteiger partial charge in [0.05, 0.1) is 45.2 Å². The number of hydrogen-bond donors (Lipinski definition) is 0. The van der Waals surface area contributed by atoms with Crippen molar-refractivity contribution in [3.63, 3.8) is 0 Å². The van der Waals surface area contributed by atoms with Gasteiger partial charge in [0, 0.05) is 37.1 Å². The van der Waals surface area contributed by atoms with Gasteiger partial charge in [-0.25, -0.2) is 0 Å². The molecular formula is C23H14N6O8. The maximum absolute atomic E-state index is 13.3. The molecule has 0 radical (unpaired) electrons. The third-order valence-electron chi connectivity index (χ3n) is 6.40. The molecule has 0 aromatic heterocycles. The molecule has 0 aliphatic carbocycles. The van der Waals surface area contributed by atoms with Gasteiger partial charge >= 0.3 is 0 Å². The summed E-state index contributed by atoms with van der Waals surface area (Å²) in [7, 11) is 0. The molecule has 0 saturated carbocycles. The zero-order valence-corrected chi connectivity index (χ0v) is 18.6. The Balaban J connectivity index is 1.67. The molecule has 0 N–H and O–H groups in total. The van der Waals surface area contributed by atoms with Crippen molar-refractivity contribution in [3.8, 4) is 12.1 Å². The highest BCUT2D eigenvalue weighted by Gasteiger charge is 2.62.